The van der Waals surface area contributed by atoms with Crippen LogP contribution in [0.2, 0.25) is 0 Å². The summed E-state index contributed by atoms with van der Waals surface area (Å²) in [6.07, 6.45) is 9.60. The minimum absolute atomic E-state index is 0.122. The largest absolute Gasteiger partial charge is 0.459 e. The summed E-state index contributed by atoms with van der Waals surface area (Å²) < 4.78 is 5.80. The van der Waals surface area contributed by atoms with Crippen LogP contribution in [0.15, 0.2) is 0 Å². The Bertz CT molecular complexity index is 291. The third-order valence-corrected chi connectivity index (χ3v) is 5.05. The Morgan fingerprint density at radius 3 is 2.50 bits per heavy atom. The predicted molar refractivity (Wildman–Crippen MR) is 61.9 cm³/mol. The molecule has 0 aromatic rings. The van der Waals surface area contributed by atoms with Crippen LogP contribution in [0.25, 0.3) is 0 Å². The van der Waals surface area contributed by atoms with Crippen molar-refractivity contribution in [3.8, 4) is 0 Å². The molecule has 3 rings (SSSR count). The van der Waals surface area contributed by atoms with Gasteiger partial charge in [-0.05, 0) is 63.7 Å². The summed E-state index contributed by atoms with van der Waals surface area (Å²) in [6, 6.07) is 0. The number of esters is 1. The summed E-state index contributed by atoms with van der Waals surface area (Å²) in [7, 11) is 0. The highest BCUT2D eigenvalue weighted by atomic mass is 16.6. The fourth-order valence-corrected chi connectivity index (χ4v) is 4.08. The van der Waals surface area contributed by atoms with Crippen molar-refractivity contribution in [1.29, 1.82) is 0 Å². The van der Waals surface area contributed by atoms with Crippen molar-refractivity contribution < 1.29 is 9.53 Å². The Morgan fingerprint density at radius 2 is 1.94 bits per heavy atom. The number of rotatable bonds is 2. The lowest BCUT2D eigenvalue weighted by molar-refractivity contribution is -0.164. The van der Waals surface area contributed by atoms with Gasteiger partial charge in [-0.2, -0.15) is 0 Å². The first-order valence-corrected chi connectivity index (χ1v) is 6.89. The summed E-state index contributed by atoms with van der Waals surface area (Å²) in [6.45, 7) is 2.12. The van der Waals surface area contributed by atoms with Crippen LogP contribution in [-0.2, 0) is 9.53 Å². The van der Waals surface area contributed by atoms with Crippen LogP contribution in [0, 0.1) is 17.8 Å². The molecule has 2 nitrogen and oxygen atoms in total. The van der Waals surface area contributed by atoms with Gasteiger partial charge in [0.1, 0.15) is 5.60 Å². The molecule has 0 N–H and O–H groups in total. The fraction of sp³-hybridized carbons (Fsp3) is 0.929. The zero-order valence-corrected chi connectivity index (χ0v) is 10.2. The van der Waals surface area contributed by atoms with Crippen LogP contribution >= 0.6 is 0 Å². The standard InChI is InChI=1S/C14H22O2/c1-14(6-2-3-7-14)16-13(15)12-9-10-4-5-11(12)8-10/h10-12H,2-9H2,1H3. The lowest BCUT2D eigenvalue weighted by atomic mass is 9.89. The molecule has 0 amide bonds. The van der Waals surface area contributed by atoms with Crippen molar-refractivity contribution in [2.75, 3.05) is 0 Å². The van der Waals surface area contributed by atoms with Crippen LogP contribution in [0.3, 0.4) is 0 Å². The molecule has 3 saturated carbocycles. The summed E-state index contributed by atoms with van der Waals surface area (Å²) >= 11 is 0. The number of fused-ring (bicyclic) bond motifs is 2. The second-order valence-electron chi connectivity index (χ2n) is 6.36. The molecule has 3 aliphatic carbocycles. The van der Waals surface area contributed by atoms with Crippen LogP contribution < -0.4 is 0 Å². The molecular formula is C14H22O2. The van der Waals surface area contributed by atoms with E-state index in [4.69, 9.17) is 4.74 Å². The topological polar surface area (TPSA) is 26.3 Å². The van der Waals surface area contributed by atoms with Gasteiger partial charge in [0, 0.05) is 0 Å². The molecule has 3 fully saturated rings. The van der Waals surface area contributed by atoms with Gasteiger partial charge in [0.05, 0.1) is 5.92 Å². The van der Waals surface area contributed by atoms with E-state index < -0.39 is 0 Å². The van der Waals surface area contributed by atoms with Gasteiger partial charge in [0.25, 0.3) is 0 Å². The van der Waals surface area contributed by atoms with E-state index in [2.05, 4.69) is 6.92 Å². The van der Waals surface area contributed by atoms with E-state index in [1.54, 1.807) is 0 Å². The number of hydrogen-bond donors (Lipinski definition) is 0. The van der Waals surface area contributed by atoms with Gasteiger partial charge in [-0.1, -0.05) is 6.42 Å². The number of carbonyl (C=O) groups is 1. The van der Waals surface area contributed by atoms with E-state index in [0.717, 1.165) is 25.2 Å². The van der Waals surface area contributed by atoms with Crippen molar-refractivity contribution >= 4 is 5.97 Å². The molecule has 0 saturated heterocycles. The van der Waals surface area contributed by atoms with E-state index in [0.29, 0.717) is 5.92 Å². The number of ether oxygens (including phenoxy) is 1. The van der Waals surface area contributed by atoms with Crippen LogP contribution in [0.4, 0.5) is 0 Å². The molecule has 0 spiro atoms. The number of carbonyl (C=O) groups excluding carboxylic acids is 1. The SMILES string of the molecule is CC1(OC(=O)C2CC3CCC2C3)CCCC1. The Morgan fingerprint density at radius 1 is 1.19 bits per heavy atom. The maximum Gasteiger partial charge on any atom is 0.309 e. The minimum atomic E-state index is -0.126. The minimum Gasteiger partial charge on any atom is -0.459 e. The van der Waals surface area contributed by atoms with Crippen LogP contribution in [-0.4, -0.2) is 11.6 Å². The van der Waals surface area contributed by atoms with Crippen molar-refractivity contribution in [2.24, 2.45) is 17.8 Å². The highest BCUT2D eigenvalue weighted by Gasteiger charge is 2.45. The molecule has 90 valence electrons. The van der Waals surface area contributed by atoms with E-state index in [1.165, 1.54) is 32.1 Å². The third-order valence-electron chi connectivity index (χ3n) is 5.05. The average molecular weight is 222 g/mol. The summed E-state index contributed by atoms with van der Waals surface area (Å²) in [5, 5.41) is 0. The molecule has 2 bridgehead atoms. The smallest absolute Gasteiger partial charge is 0.309 e. The van der Waals surface area contributed by atoms with Crippen molar-refractivity contribution in [3.63, 3.8) is 0 Å². The quantitative estimate of drug-likeness (QED) is 0.670. The molecule has 16 heavy (non-hydrogen) atoms. The summed E-state index contributed by atoms with van der Waals surface area (Å²) in [5.74, 6) is 1.86. The Kier molecular flexibility index (Phi) is 2.49. The van der Waals surface area contributed by atoms with Crippen molar-refractivity contribution in [1.82, 2.24) is 0 Å². The zero-order chi connectivity index (χ0) is 11.2. The second kappa shape index (κ2) is 3.75. The van der Waals surface area contributed by atoms with Gasteiger partial charge < -0.3 is 4.74 Å². The maximum absolute atomic E-state index is 12.2. The van der Waals surface area contributed by atoms with Gasteiger partial charge in [-0.25, -0.2) is 0 Å². The Hall–Kier alpha value is -0.530. The van der Waals surface area contributed by atoms with Crippen molar-refractivity contribution in [3.05, 3.63) is 0 Å². The highest BCUT2D eigenvalue weighted by Crippen LogP contribution is 2.49. The molecule has 0 aromatic carbocycles. The van der Waals surface area contributed by atoms with Crippen molar-refractivity contribution in [2.45, 2.75) is 63.9 Å². The van der Waals surface area contributed by atoms with Gasteiger partial charge in [0.15, 0.2) is 0 Å². The lowest BCUT2D eigenvalue weighted by Crippen LogP contribution is -2.33. The fourth-order valence-electron chi connectivity index (χ4n) is 4.08. The first kappa shape index (κ1) is 10.6. The van der Waals surface area contributed by atoms with Gasteiger partial charge in [0.2, 0.25) is 0 Å². The van der Waals surface area contributed by atoms with E-state index in [9.17, 15) is 4.79 Å². The predicted octanol–water partition coefficient (Wildman–Crippen LogP) is 3.30. The van der Waals surface area contributed by atoms with Gasteiger partial charge in [-0.3, -0.25) is 4.79 Å². The normalized spacial score (nSPS) is 40.2. The molecule has 2 heteroatoms. The summed E-state index contributed by atoms with van der Waals surface area (Å²) in [5.41, 5.74) is -0.126. The molecule has 3 atom stereocenters. The first-order valence-electron chi connectivity index (χ1n) is 6.89. The highest BCUT2D eigenvalue weighted by molar-refractivity contribution is 5.74. The summed E-state index contributed by atoms with van der Waals surface area (Å²) in [4.78, 5) is 12.2. The molecule has 0 aliphatic heterocycles. The van der Waals surface area contributed by atoms with Crippen LogP contribution in [0.5, 0.6) is 0 Å². The molecule has 0 aromatic heterocycles. The average Bonchev–Trinajstić information content (AvgIpc) is 2.92. The number of hydrogen-bond acceptors (Lipinski definition) is 2. The molecular weight excluding hydrogens is 200 g/mol. The molecule has 3 aliphatic rings. The first-order chi connectivity index (χ1) is 7.66. The van der Waals surface area contributed by atoms with Gasteiger partial charge in [-0.15, -0.1) is 0 Å². The van der Waals surface area contributed by atoms with E-state index >= 15 is 0 Å². The Balaban J connectivity index is 1.61. The van der Waals surface area contributed by atoms with E-state index in [1.807, 2.05) is 0 Å². The molecule has 3 unspecified atom stereocenters. The monoisotopic (exact) mass is 222 g/mol. The third kappa shape index (κ3) is 1.76. The van der Waals surface area contributed by atoms with E-state index in [-0.39, 0.29) is 17.5 Å². The molecule has 0 heterocycles. The maximum atomic E-state index is 12.2. The van der Waals surface area contributed by atoms with Gasteiger partial charge >= 0.3 is 5.97 Å². The molecule has 0 radical (unpaired) electrons. The van der Waals surface area contributed by atoms with Crippen LogP contribution in [0.1, 0.15) is 58.3 Å². The Labute approximate surface area is 97.7 Å². The second-order valence-corrected chi connectivity index (χ2v) is 6.36. The lowest BCUT2D eigenvalue weighted by Gasteiger charge is -2.28. The zero-order valence-electron chi connectivity index (χ0n) is 10.2.